The molecule has 5 nitrogen and oxygen atoms in total. The van der Waals surface area contributed by atoms with Gasteiger partial charge in [-0.3, -0.25) is 4.68 Å². The van der Waals surface area contributed by atoms with Crippen LogP contribution < -0.4 is 5.32 Å². The Kier molecular flexibility index (Phi) is 2.83. The van der Waals surface area contributed by atoms with Gasteiger partial charge in [-0.15, -0.1) is 0 Å². The van der Waals surface area contributed by atoms with E-state index in [1.54, 1.807) is 0 Å². The van der Waals surface area contributed by atoms with Gasteiger partial charge in [0.2, 0.25) is 0 Å². The fraction of sp³-hybridized carbons (Fsp3) is 0.417. The second-order valence-corrected chi connectivity index (χ2v) is 4.14. The average Bonchev–Trinajstić information content (AvgIpc) is 2.52. The number of anilines is 1. The summed E-state index contributed by atoms with van der Waals surface area (Å²) >= 11 is 0. The molecule has 2 aromatic rings. The SMILES string of the molecule is CNc1cc(C)nc(-c2c(C)nn(C)c2C)n1. The first-order valence-corrected chi connectivity index (χ1v) is 5.57. The second kappa shape index (κ2) is 4.16. The maximum atomic E-state index is 4.48. The molecule has 17 heavy (non-hydrogen) atoms. The van der Waals surface area contributed by atoms with Crippen LogP contribution in [0.5, 0.6) is 0 Å². The normalized spacial score (nSPS) is 10.6. The molecule has 0 atom stereocenters. The molecule has 0 aromatic carbocycles. The fourth-order valence-electron chi connectivity index (χ4n) is 1.91. The zero-order chi connectivity index (χ0) is 12.6. The van der Waals surface area contributed by atoms with E-state index < -0.39 is 0 Å². The highest BCUT2D eigenvalue weighted by molar-refractivity contribution is 5.63. The van der Waals surface area contributed by atoms with Gasteiger partial charge in [-0.2, -0.15) is 5.10 Å². The molecule has 2 aromatic heterocycles. The van der Waals surface area contributed by atoms with Gasteiger partial charge in [-0.05, 0) is 20.8 Å². The number of nitrogens with zero attached hydrogens (tertiary/aromatic N) is 4. The van der Waals surface area contributed by atoms with E-state index in [1.165, 1.54) is 0 Å². The highest BCUT2D eigenvalue weighted by atomic mass is 15.3. The Balaban J connectivity index is 2.63. The molecule has 0 amide bonds. The molecule has 2 rings (SSSR count). The fourth-order valence-corrected chi connectivity index (χ4v) is 1.91. The monoisotopic (exact) mass is 231 g/mol. The Hall–Kier alpha value is -1.91. The van der Waals surface area contributed by atoms with Gasteiger partial charge in [-0.1, -0.05) is 0 Å². The van der Waals surface area contributed by atoms with Gasteiger partial charge in [0.05, 0.1) is 11.3 Å². The van der Waals surface area contributed by atoms with Crippen LogP contribution in [0, 0.1) is 20.8 Å². The molecular weight excluding hydrogens is 214 g/mol. The third-order valence-corrected chi connectivity index (χ3v) is 2.84. The van der Waals surface area contributed by atoms with Crippen molar-refractivity contribution in [1.82, 2.24) is 19.7 Å². The van der Waals surface area contributed by atoms with Crippen LogP contribution in [-0.4, -0.2) is 26.8 Å². The van der Waals surface area contributed by atoms with Crippen LogP contribution in [-0.2, 0) is 7.05 Å². The van der Waals surface area contributed by atoms with E-state index in [0.29, 0.717) is 0 Å². The lowest BCUT2D eigenvalue weighted by Gasteiger charge is -2.05. The van der Waals surface area contributed by atoms with E-state index in [1.807, 2.05) is 45.6 Å². The number of hydrogen-bond donors (Lipinski definition) is 1. The van der Waals surface area contributed by atoms with Gasteiger partial charge in [0.25, 0.3) is 0 Å². The summed E-state index contributed by atoms with van der Waals surface area (Å²) in [5.74, 6) is 1.56. The summed E-state index contributed by atoms with van der Waals surface area (Å²) in [6, 6.07) is 1.92. The van der Waals surface area contributed by atoms with Crippen LogP contribution >= 0.6 is 0 Å². The lowest BCUT2D eigenvalue weighted by atomic mass is 10.2. The summed E-state index contributed by atoms with van der Waals surface area (Å²) in [5, 5.41) is 7.43. The van der Waals surface area contributed by atoms with Crippen molar-refractivity contribution < 1.29 is 0 Å². The van der Waals surface area contributed by atoms with E-state index in [2.05, 4.69) is 20.4 Å². The predicted molar refractivity (Wildman–Crippen MR) is 68.0 cm³/mol. The minimum atomic E-state index is 0.734. The summed E-state index contributed by atoms with van der Waals surface area (Å²) < 4.78 is 1.86. The summed E-state index contributed by atoms with van der Waals surface area (Å²) in [6.07, 6.45) is 0. The molecule has 0 bridgehead atoms. The smallest absolute Gasteiger partial charge is 0.165 e. The van der Waals surface area contributed by atoms with Crippen LogP contribution in [0.2, 0.25) is 0 Å². The average molecular weight is 231 g/mol. The number of aryl methyl sites for hydroxylation is 3. The lowest BCUT2D eigenvalue weighted by molar-refractivity contribution is 0.731. The van der Waals surface area contributed by atoms with Crippen molar-refractivity contribution in [3.63, 3.8) is 0 Å². The number of aromatic nitrogens is 4. The molecule has 90 valence electrons. The molecule has 0 spiro atoms. The minimum Gasteiger partial charge on any atom is -0.373 e. The van der Waals surface area contributed by atoms with Crippen molar-refractivity contribution in [3.05, 3.63) is 23.1 Å². The number of hydrogen-bond acceptors (Lipinski definition) is 4. The third-order valence-electron chi connectivity index (χ3n) is 2.84. The van der Waals surface area contributed by atoms with E-state index in [9.17, 15) is 0 Å². The highest BCUT2D eigenvalue weighted by Crippen LogP contribution is 2.24. The van der Waals surface area contributed by atoms with E-state index in [0.717, 1.165) is 34.3 Å². The highest BCUT2D eigenvalue weighted by Gasteiger charge is 2.15. The summed E-state index contributed by atoms with van der Waals surface area (Å²) in [5.41, 5.74) is 4.00. The Morgan fingerprint density at radius 3 is 2.41 bits per heavy atom. The molecule has 1 N–H and O–H groups in total. The molecule has 0 fully saturated rings. The number of nitrogens with one attached hydrogen (secondary N) is 1. The van der Waals surface area contributed by atoms with Crippen LogP contribution in [0.4, 0.5) is 5.82 Å². The van der Waals surface area contributed by atoms with Crippen molar-refractivity contribution in [2.45, 2.75) is 20.8 Å². The molecule has 0 aliphatic heterocycles. The van der Waals surface area contributed by atoms with E-state index in [-0.39, 0.29) is 0 Å². The molecule has 0 aliphatic rings. The molecular formula is C12H17N5. The maximum absolute atomic E-state index is 4.48. The maximum Gasteiger partial charge on any atom is 0.165 e. The van der Waals surface area contributed by atoms with Gasteiger partial charge in [-0.25, -0.2) is 9.97 Å². The van der Waals surface area contributed by atoms with Gasteiger partial charge in [0.1, 0.15) is 5.82 Å². The largest absolute Gasteiger partial charge is 0.373 e. The topological polar surface area (TPSA) is 55.6 Å². The first-order chi connectivity index (χ1) is 8.02. The van der Waals surface area contributed by atoms with Crippen molar-refractivity contribution in [3.8, 4) is 11.4 Å². The molecule has 0 saturated carbocycles. The summed E-state index contributed by atoms with van der Waals surface area (Å²) in [7, 11) is 3.79. The van der Waals surface area contributed by atoms with Crippen LogP contribution in [0.25, 0.3) is 11.4 Å². The molecule has 2 heterocycles. The van der Waals surface area contributed by atoms with Crippen LogP contribution in [0.3, 0.4) is 0 Å². The summed E-state index contributed by atoms with van der Waals surface area (Å²) in [6.45, 7) is 5.97. The van der Waals surface area contributed by atoms with Gasteiger partial charge >= 0.3 is 0 Å². The molecule has 5 heteroatoms. The van der Waals surface area contributed by atoms with Crippen molar-refractivity contribution >= 4 is 5.82 Å². The molecule has 0 radical (unpaired) electrons. The predicted octanol–water partition coefficient (Wildman–Crippen LogP) is 1.84. The van der Waals surface area contributed by atoms with Crippen molar-refractivity contribution in [2.75, 3.05) is 12.4 Å². The molecule has 0 saturated heterocycles. The third kappa shape index (κ3) is 2.00. The van der Waals surface area contributed by atoms with E-state index in [4.69, 9.17) is 0 Å². The Morgan fingerprint density at radius 1 is 1.18 bits per heavy atom. The Bertz CT molecular complexity index is 556. The summed E-state index contributed by atoms with van der Waals surface area (Å²) in [4.78, 5) is 8.96. The first-order valence-electron chi connectivity index (χ1n) is 5.57. The van der Waals surface area contributed by atoms with Gasteiger partial charge in [0, 0.05) is 31.5 Å². The lowest BCUT2D eigenvalue weighted by Crippen LogP contribution is -2.00. The van der Waals surface area contributed by atoms with E-state index >= 15 is 0 Å². The van der Waals surface area contributed by atoms with Crippen molar-refractivity contribution in [2.24, 2.45) is 7.05 Å². The Labute approximate surface area is 101 Å². The van der Waals surface area contributed by atoms with Gasteiger partial charge < -0.3 is 5.32 Å². The zero-order valence-corrected chi connectivity index (χ0v) is 10.9. The standard InChI is InChI=1S/C12H17N5/c1-7-6-10(13-4)15-12(14-7)11-8(2)16-17(5)9(11)3/h6H,1-5H3,(H,13,14,15). The molecule has 0 unspecified atom stereocenters. The quantitative estimate of drug-likeness (QED) is 0.857. The van der Waals surface area contributed by atoms with Crippen molar-refractivity contribution in [1.29, 1.82) is 0 Å². The van der Waals surface area contributed by atoms with Crippen LogP contribution in [0.1, 0.15) is 17.1 Å². The zero-order valence-electron chi connectivity index (χ0n) is 10.9. The van der Waals surface area contributed by atoms with Crippen LogP contribution in [0.15, 0.2) is 6.07 Å². The minimum absolute atomic E-state index is 0.734. The molecule has 0 aliphatic carbocycles. The Morgan fingerprint density at radius 2 is 1.88 bits per heavy atom. The number of rotatable bonds is 2. The van der Waals surface area contributed by atoms with Gasteiger partial charge in [0.15, 0.2) is 5.82 Å². The first kappa shape index (κ1) is 11.6. The second-order valence-electron chi connectivity index (χ2n) is 4.14.